The number of carboxylic acid groups (broad SMARTS) is 2. The zero-order valence-corrected chi connectivity index (χ0v) is 8.00. The average Bonchev–Trinajstić information content (AvgIpc) is 2.60. The summed E-state index contributed by atoms with van der Waals surface area (Å²) in [4.78, 5) is 24.1. The Bertz CT molecular complexity index is 295. The van der Waals surface area contributed by atoms with Crippen molar-refractivity contribution in [2.24, 2.45) is 0 Å². The van der Waals surface area contributed by atoms with Crippen LogP contribution in [-0.2, 0) is 4.74 Å². The molecule has 7 heteroatoms. The summed E-state index contributed by atoms with van der Waals surface area (Å²) in [6.07, 6.45) is -2.36. The molecule has 2 aliphatic heterocycles. The highest BCUT2D eigenvalue weighted by molar-refractivity contribution is 5.68. The number of ether oxygens (including phenoxy) is 1. The summed E-state index contributed by atoms with van der Waals surface area (Å²) in [6, 6.07) is -0.354. The van der Waals surface area contributed by atoms with Crippen molar-refractivity contribution in [2.75, 3.05) is 26.2 Å². The summed E-state index contributed by atoms with van der Waals surface area (Å²) in [5.41, 5.74) is 0. The van der Waals surface area contributed by atoms with Crippen LogP contribution in [-0.4, -0.2) is 70.6 Å². The zero-order chi connectivity index (χ0) is 11.0. The van der Waals surface area contributed by atoms with Crippen LogP contribution in [0, 0.1) is 0 Å². The summed E-state index contributed by atoms with van der Waals surface area (Å²) >= 11 is 0. The van der Waals surface area contributed by atoms with Gasteiger partial charge in [-0.15, -0.1) is 0 Å². The van der Waals surface area contributed by atoms with E-state index < -0.39 is 12.2 Å². The number of hydrogen-bond donors (Lipinski definition) is 2. The molecule has 0 aliphatic carbocycles. The number of hydrogen-bond acceptors (Lipinski definition) is 3. The first-order valence-corrected chi connectivity index (χ1v) is 4.68. The fourth-order valence-electron chi connectivity index (χ4n) is 2.08. The van der Waals surface area contributed by atoms with E-state index in [0.29, 0.717) is 13.2 Å². The topological polar surface area (TPSA) is 90.3 Å². The summed E-state index contributed by atoms with van der Waals surface area (Å²) in [6.45, 7) is 1.10. The molecule has 2 unspecified atom stereocenters. The van der Waals surface area contributed by atoms with Crippen molar-refractivity contribution in [3.8, 4) is 0 Å². The first-order chi connectivity index (χ1) is 7.09. The molecule has 0 aromatic carbocycles. The molecule has 2 atom stereocenters. The zero-order valence-electron chi connectivity index (χ0n) is 8.00. The highest BCUT2D eigenvalue weighted by atomic mass is 16.5. The number of likely N-dealkylation sites (tertiary alicyclic amines) is 1. The Labute approximate surface area is 85.8 Å². The first-order valence-electron chi connectivity index (χ1n) is 4.68. The molecule has 2 amide bonds. The second kappa shape index (κ2) is 3.58. The van der Waals surface area contributed by atoms with Gasteiger partial charge in [0.15, 0.2) is 0 Å². The van der Waals surface area contributed by atoms with E-state index in [4.69, 9.17) is 14.9 Å². The first kappa shape index (κ1) is 10.0. The lowest BCUT2D eigenvalue weighted by molar-refractivity contribution is -0.0382. The lowest BCUT2D eigenvalue weighted by Gasteiger charge is -2.34. The molecule has 0 aromatic rings. The maximum absolute atomic E-state index is 10.9. The van der Waals surface area contributed by atoms with E-state index >= 15 is 0 Å². The predicted molar refractivity (Wildman–Crippen MR) is 47.9 cm³/mol. The molecule has 15 heavy (non-hydrogen) atoms. The van der Waals surface area contributed by atoms with Gasteiger partial charge in [-0.3, -0.25) is 4.90 Å². The van der Waals surface area contributed by atoms with Gasteiger partial charge in [-0.2, -0.15) is 0 Å². The fraction of sp³-hybridized carbons (Fsp3) is 0.750. The Balaban J connectivity index is 2.10. The van der Waals surface area contributed by atoms with Crippen molar-refractivity contribution in [2.45, 2.75) is 12.1 Å². The molecular weight excluding hydrogens is 204 g/mol. The summed E-state index contributed by atoms with van der Waals surface area (Å²) in [5, 5.41) is 17.7. The molecule has 0 aromatic heterocycles. The molecule has 2 saturated heterocycles. The maximum atomic E-state index is 10.9. The number of carbonyl (C=O) groups is 2. The molecule has 2 N–H and O–H groups in total. The van der Waals surface area contributed by atoms with Crippen LogP contribution in [0.1, 0.15) is 0 Å². The van der Waals surface area contributed by atoms with Crippen molar-refractivity contribution in [1.82, 2.24) is 9.80 Å². The van der Waals surface area contributed by atoms with E-state index in [0.717, 1.165) is 0 Å². The molecule has 0 bridgehead atoms. The molecule has 2 aliphatic rings. The van der Waals surface area contributed by atoms with Crippen molar-refractivity contribution in [1.29, 1.82) is 0 Å². The SMILES string of the molecule is O=C(O)N1CC2OCCN(C(=O)O)C2C1. The normalized spacial score (nSPS) is 30.1. The van der Waals surface area contributed by atoms with Crippen LogP contribution in [0.3, 0.4) is 0 Å². The lowest BCUT2D eigenvalue weighted by Crippen LogP contribution is -2.52. The summed E-state index contributed by atoms with van der Waals surface area (Å²) < 4.78 is 5.35. The minimum absolute atomic E-state index is 0.201. The largest absolute Gasteiger partial charge is 0.465 e. The maximum Gasteiger partial charge on any atom is 0.407 e. The van der Waals surface area contributed by atoms with Crippen LogP contribution in [0.15, 0.2) is 0 Å². The Kier molecular flexibility index (Phi) is 2.39. The van der Waals surface area contributed by atoms with Crippen molar-refractivity contribution in [3.05, 3.63) is 0 Å². The molecule has 2 heterocycles. The van der Waals surface area contributed by atoms with Crippen LogP contribution in [0.25, 0.3) is 0 Å². The number of nitrogens with zero attached hydrogens (tertiary/aromatic N) is 2. The molecule has 0 radical (unpaired) electrons. The van der Waals surface area contributed by atoms with E-state index in [1.54, 1.807) is 0 Å². The molecule has 0 spiro atoms. The Hall–Kier alpha value is -1.50. The molecule has 2 rings (SSSR count). The van der Waals surface area contributed by atoms with Gasteiger partial charge in [0.25, 0.3) is 0 Å². The third-order valence-corrected chi connectivity index (χ3v) is 2.82. The van der Waals surface area contributed by atoms with Crippen LogP contribution >= 0.6 is 0 Å². The predicted octanol–water partition coefficient (Wildman–Crippen LogP) is -0.273. The molecular formula is C8H12N2O5. The van der Waals surface area contributed by atoms with Gasteiger partial charge in [-0.05, 0) is 0 Å². The van der Waals surface area contributed by atoms with Gasteiger partial charge in [0.1, 0.15) is 0 Å². The molecule has 7 nitrogen and oxygen atoms in total. The van der Waals surface area contributed by atoms with Crippen LogP contribution < -0.4 is 0 Å². The highest BCUT2D eigenvalue weighted by Gasteiger charge is 2.43. The van der Waals surface area contributed by atoms with Gasteiger partial charge in [-0.25, -0.2) is 9.59 Å². The van der Waals surface area contributed by atoms with Gasteiger partial charge in [0.2, 0.25) is 0 Å². The van der Waals surface area contributed by atoms with E-state index in [9.17, 15) is 9.59 Å². The smallest absolute Gasteiger partial charge is 0.407 e. The van der Waals surface area contributed by atoms with Gasteiger partial charge in [0.05, 0.1) is 25.3 Å². The van der Waals surface area contributed by atoms with Gasteiger partial charge in [0, 0.05) is 13.1 Å². The molecule has 84 valence electrons. The lowest BCUT2D eigenvalue weighted by atomic mass is 10.1. The second-order valence-electron chi connectivity index (χ2n) is 3.64. The average molecular weight is 216 g/mol. The minimum Gasteiger partial charge on any atom is -0.465 e. The fourth-order valence-corrected chi connectivity index (χ4v) is 2.08. The molecule has 0 saturated carbocycles. The summed E-state index contributed by atoms with van der Waals surface area (Å²) in [7, 11) is 0. The third kappa shape index (κ3) is 1.70. The van der Waals surface area contributed by atoms with Crippen LogP contribution in [0.4, 0.5) is 9.59 Å². The molecule has 2 fully saturated rings. The number of fused-ring (bicyclic) bond motifs is 1. The van der Waals surface area contributed by atoms with Crippen molar-refractivity contribution in [3.63, 3.8) is 0 Å². The van der Waals surface area contributed by atoms with Gasteiger partial charge < -0.3 is 19.8 Å². The van der Waals surface area contributed by atoms with E-state index in [1.165, 1.54) is 9.80 Å². The number of amides is 2. The third-order valence-electron chi connectivity index (χ3n) is 2.82. The van der Waals surface area contributed by atoms with Gasteiger partial charge >= 0.3 is 12.2 Å². The van der Waals surface area contributed by atoms with Crippen LogP contribution in [0.2, 0.25) is 0 Å². The second-order valence-corrected chi connectivity index (χ2v) is 3.64. The Morgan fingerprint density at radius 1 is 1.20 bits per heavy atom. The van der Waals surface area contributed by atoms with E-state index in [2.05, 4.69) is 0 Å². The van der Waals surface area contributed by atoms with Crippen molar-refractivity contribution < 1.29 is 24.5 Å². The van der Waals surface area contributed by atoms with Crippen molar-refractivity contribution >= 4 is 12.2 Å². The Morgan fingerprint density at radius 3 is 2.53 bits per heavy atom. The van der Waals surface area contributed by atoms with E-state index in [-0.39, 0.29) is 25.2 Å². The number of morpholine rings is 1. The monoisotopic (exact) mass is 216 g/mol. The number of rotatable bonds is 0. The highest BCUT2D eigenvalue weighted by Crippen LogP contribution is 2.22. The minimum atomic E-state index is -1.03. The Morgan fingerprint density at radius 2 is 1.93 bits per heavy atom. The summed E-state index contributed by atoms with van der Waals surface area (Å²) in [5.74, 6) is 0. The van der Waals surface area contributed by atoms with Crippen LogP contribution in [0.5, 0.6) is 0 Å². The standard InChI is InChI=1S/C8H12N2O5/c11-7(12)9-3-5-6(4-9)15-2-1-10(5)8(13)14/h5-6H,1-4H2,(H,11,12)(H,13,14). The van der Waals surface area contributed by atoms with Gasteiger partial charge in [-0.1, -0.05) is 0 Å². The van der Waals surface area contributed by atoms with E-state index in [1.807, 2.05) is 0 Å². The quantitative estimate of drug-likeness (QED) is 0.581.